The number of carbonyl (C=O) groups is 1. The van der Waals surface area contributed by atoms with Crippen LogP contribution in [0.2, 0.25) is 0 Å². The molecule has 2 aromatic rings. The molecule has 0 amide bonds. The number of furan rings is 1. The maximum absolute atomic E-state index is 10.9. The highest BCUT2D eigenvalue weighted by molar-refractivity contribution is 9.10. The molecule has 0 radical (unpaired) electrons. The minimum Gasteiger partial charge on any atom is -0.466 e. The van der Waals surface area contributed by atoms with Gasteiger partial charge in [-0.2, -0.15) is 0 Å². The maximum atomic E-state index is 10.9. The van der Waals surface area contributed by atoms with Crippen LogP contribution in [0.5, 0.6) is 5.75 Å². The number of fused-ring (bicyclic) bond motifs is 1. The molecule has 4 nitrogen and oxygen atoms in total. The maximum Gasteiger partial charge on any atom is 0.188 e. The molecule has 84 valence electrons. The third-order valence-electron chi connectivity index (χ3n) is 2.13. The molecule has 0 saturated carbocycles. The Bertz CT molecular complexity index is 518. The van der Waals surface area contributed by atoms with Crippen LogP contribution in [0.4, 0.5) is 0 Å². The van der Waals surface area contributed by atoms with E-state index in [2.05, 4.69) is 15.9 Å². The number of carbonyl (C=O) groups excluding carboxylic acids is 1. The highest BCUT2D eigenvalue weighted by atomic mass is 79.9. The van der Waals surface area contributed by atoms with Crippen molar-refractivity contribution < 1.29 is 18.7 Å². The summed E-state index contributed by atoms with van der Waals surface area (Å²) in [7, 11) is 1.53. The number of halogens is 1. The Balaban J connectivity index is 2.60. The highest BCUT2D eigenvalue weighted by Gasteiger charge is 2.14. The predicted octanol–water partition coefficient (Wildman–Crippen LogP) is 2.99. The molecular formula is C11H9BrO4. The van der Waals surface area contributed by atoms with Crippen LogP contribution in [0.25, 0.3) is 11.0 Å². The van der Waals surface area contributed by atoms with E-state index in [0.29, 0.717) is 21.4 Å². The van der Waals surface area contributed by atoms with E-state index < -0.39 is 0 Å². The lowest BCUT2D eigenvalue weighted by Crippen LogP contribution is -2.01. The molecule has 16 heavy (non-hydrogen) atoms. The number of aldehydes is 1. The first-order valence-electron chi connectivity index (χ1n) is 4.54. The largest absolute Gasteiger partial charge is 0.466 e. The molecule has 0 atom stereocenters. The van der Waals surface area contributed by atoms with Gasteiger partial charge in [-0.05, 0) is 28.1 Å². The first-order chi connectivity index (χ1) is 7.77. The van der Waals surface area contributed by atoms with E-state index in [1.807, 2.05) is 0 Å². The molecule has 2 rings (SSSR count). The Hall–Kier alpha value is -1.33. The molecule has 0 aliphatic rings. The second-order valence-corrected chi connectivity index (χ2v) is 3.90. The van der Waals surface area contributed by atoms with E-state index in [1.54, 1.807) is 18.4 Å². The first kappa shape index (κ1) is 11.2. The molecule has 1 aromatic carbocycles. The van der Waals surface area contributed by atoms with E-state index in [1.165, 1.54) is 7.11 Å². The molecule has 0 spiro atoms. The second kappa shape index (κ2) is 4.67. The van der Waals surface area contributed by atoms with Crippen LogP contribution in [0.3, 0.4) is 0 Å². The molecule has 5 heteroatoms. The van der Waals surface area contributed by atoms with Gasteiger partial charge in [-0.15, -0.1) is 0 Å². The zero-order valence-electron chi connectivity index (χ0n) is 8.53. The molecule has 0 unspecified atom stereocenters. The molecule has 0 fully saturated rings. The molecule has 0 aliphatic carbocycles. The molecule has 0 aliphatic heterocycles. The fourth-order valence-corrected chi connectivity index (χ4v) is 1.95. The van der Waals surface area contributed by atoms with Crippen LogP contribution in [0, 0.1) is 0 Å². The van der Waals surface area contributed by atoms with Crippen LogP contribution in [-0.2, 0) is 4.74 Å². The first-order valence-corrected chi connectivity index (χ1v) is 5.34. The number of hydrogen-bond donors (Lipinski definition) is 0. The van der Waals surface area contributed by atoms with Gasteiger partial charge in [-0.3, -0.25) is 4.79 Å². The summed E-state index contributed by atoms with van der Waals surface area (Å²) >= 11 is 3.32. The van der Waals surface area contributed by atoms with Gasteiger partial charge in [-0.1, -0.05) is 0 Å². The zero-order chi connectivity index (χ0) is 11.5. The minimum absolute atomic E-state index is 0.112. The Labute approximate surface area is 100 Å². The summed E-state index contributed by atoms with van der Waals surface area (Å²) in [6.45, 7) is 0.112. The fourth-order valence-electron chi connectivity index (χ4n) is 1.42. The summed E-state index contributed by atoms with van der Waals surface area (Å²) in [5, 5.41) is 0.800. The van der Waals surface area contributed by atoms with Gasteiger partial charge in [0.2, 0.25) is 0 Å². The molecule has 0 bridgehead atoms. The number of benzene rings is 1. The molecule has 1 aromatic heterocycles. The average molecular weight is 285 g/mol. The van der Waals surface area contributed by atoms with Gasteiger partial charge >= 0.3 is 0 Å². The van der Waals surface area contributed by atoms with Crippen LogP contribution < -0.4 is 4.74 Å². The average Bonchev–Trinajstić information content (AvgIpc) is 2.75. The number of ether oxygens (including phenoxy) is 2. The van der Waals surface area contributed by atoms with E-state index in [9.17, 15) is 4.79 Å². The van der Waals surface area contributed by atoms with Crippen LogP contribution in [0.1, 0.15) is 10.4 Å². The SMILES string of the molecule is COCOc1c(Br)c(C=O)cc2occc12. The lowest BCUT2D eigenvalue weighted by Gasteiger charge is -2.09. The number of rotatable bonds is 4. The van der Waals surface area contributed by atoms with Crippen LogP contribution >= 0.6 is 15.9 Å². The quantitative estimate of drug-likeness (QED) is 0.640. The molecule has 1 heterocycles. The Morgan fingerprint density at radius 2 is 2.38 bits per heavy atom. The van der Waals surface area contributed by atoms with E-state index >= 15 is 0 Å². The van der Waals surface area contributed by atoms with E-state index in [0.717, 1.165) is 11.7 Å². The second-order valence-electron chi connectivity index (χ2n) is 3.11. The van der Waals surface area contributed by atoms with Crippen LogP contribution in [-0.4, -0.2) is 20.2 Å². The van der Waals surface area contributed by atoms with E-state index in [4.69, 9.17) is 13.9 Å². The molecule has 0 saturated heterocycles. The van der Waals surface area contributed by atoms with Gasteiger partial charge in [0.05, 0.1) is 16.1 Å². The van der Waals surface area contributed by atoms with Crippen molar-refractivity contribution in [3.63, 3.8) is 0 Å². The molecule has 0 N–H and O–H groups in total. The Morgan fingerprint density at radius 3 is 3.06 bits per heavy atom. The van der Waals surface area contributed by atoms with Crippen molar-refractivity contribution >= 4 is 33.2 Å². The summed E-state index contributed by atoms with van der Waals surface area (Å²) in [5.41, 5.74) is 1.09. The van der Waals surface area contributed by atoms with Crippen molar-refractivity contribution in [2.45, 2.75) is 0 Å². The minimum atomic E-state index is 0.112. The van der Waals surface area contributed by atoms with Crippen LogP contribution in [0.15, 0.2) is 27.3 Å². The van der Waals surface area contributed by atoms with Gasteiger partial charge in [0.15, 0.2) is 13.1 Å². The zero-order valence-corrected chi connectivity index (χ0v) is 10.1. The van der Waals surface area contributed by atoms with Crippen molar-refractivity contribution in [2.75, 3.05) is 13.9 Å². The normalized spacial score (nSPS) is 10.6. The van der Waals surface area contributed by atoms with Crippen molar-refractivity contribution in [2.24, 2.45) is 0 Å². The Morgan fingerprint density at radius 1 is 1.56 bits per heavy atom. The number of methoxy groups -OCH3 is 1. The van der Waals surface area contributed by atoms with Crippen molar-refractivity contribution in [1.82, 2.24) is 0 Å². The molecular weight excluding hydrogens is 276 g/mol. The predicted molar refractivity (Wildman–Crippen MR) is 61.8 cm³/mol. The van der Waals surface area contributed by atoms with Crippen molar-refractivity contribution in [3.8, 4) is 5.75 Å². The van der Waals surface area contributed by atoms with Gasteiger partial charge < -0.3 is 13.9 Å². The summed E-state index contributed by atoms with van der Waals surface area (Å²) in [6, 6.07) is 3.44. The lowest BCUT2D eigenvalue weighted by atomic mass is 10.1. The highest BCUT2D eigenvalue weighted by Crippen LogP contribution is 2.36. The fraction of sp³-hybridized carbons (Fsp3) is 0.182. The van der Waals surface area contributed by atoms with Gasteiger partial charge in [0.25, 0.3) is 0 Å². The summed E-state index contributed by atoms with van der Waals surface area (Å²) < 4.78 is 16.1. The van der Waals surface area contributed by atoms with E-state index in [-0.39, 0.29) is 6.79 Å². The topological polar surface area (TPSA) is 48.7 Å². The van der Waals surface area contributed by atoms with Gasteiger partial charge in [0, 0.05) is 12.7 Å². The van der Waals surface area contributed by atoms with Crippen molar-refractivity contribution in [3.05, 3.63) is 28.4 Å². The lowest BCUT2D eigenvalue weighted by molar-refractivity contribution is 0.0516. The number of hydrogen-bond acceptors (Lipinski definition) is 4. The van der Waals surface area contributed by atoms with Crippen molar-refractivity contribution in [1.29, 1.82) is 0 Å². The Kier molecular flexibility index (Phi) is 3.26. The summed E-state index contributed by atoms with van der Waals surface area (Å²) in [6.07, 6.45) is 2.29. The third kappa shape index (κ3) is 1.83. The summed E-state index contributed by atoms with van der Waals surface area (Å²) in [4.78, 5) is 10.9. The van der Waals surface area contributed by atoms with Gasteiger partial charge in [-0.25, -0.2) is 0 Å². The smallest absolute Gasteiger partial charge is 0.188 e. The third-order valence-corrected chi connectivity index (χ3v) is 2.95. The monoisotopic (exact) mass is 284 g/mol. The van der Waals surface area contributed by atoms with Gasteiger partial charge in [0.1, 0.15) is 11.3 Å². The summed E-state index contributed by atoms with van der Waals surface area (Å²) in [5.74, 6) is 0.551. The standard InChI is InChI=1S/C11H9BrO4/c1-14-6-16-11-8-2-3-15-9(8)4-7(5-13)10(11)12/h2-5H,6H2,1H3.